The fourth-order valence-electron chi connectivity index (χ4n) is 2.46. The lowest BCUT2D eigenvalue weighted by atomic mass is 10.1. The van der Waals surface area contributed by atoms with Crippen molar-refractivity contribution >= 4 is 5.91 Å². The molecule has 0 radical (unpaired) electrons. The standard InChI is InChI=1S/C18H25NO4/c1-2-3-4-5-18(21)19-16-13-22-11-10-17(16)23-15-8-6-14(12-20)7-9-15/h3-4,6-9,16-17,20H,2,5,10-13H2,1H3,(H,19,21). The lowest BCUT2D eigenvalue weighted by molar-refractivity contribution is -0.123. The predicted octanol–water partition coefficient (Wildman–Crippen LogP) is 2.19. The van der Waals surface area contributed by atoms with Crippen molar-refractivity contribution in [2.75, 3.05) is 13.2 Å². The first-order valence-electron chi connectivity index (χ1n) is 8.11. The lowest BCUT2D eigenvalue weighted by Gasteiger charge is -2.32. The summed E-state index contributed by atoms with van der Waals surface area (Å²) in [6.45, 7) is 3.14. The maximum atomic E-state index is 12.0. The van der Waals surface area contributed by atoms with E-state index >= 15 is 0 Å². The van der Waals surface area contributed by atoms with E-state index in [0.717, 1.165) is 24.2 Å². The molecule has 1 aromatic rings. The first-order chi connectivity index (χ1) is 11.2. The lowest BCUT2D eigenvalue weighted by Crippen LogP contribution is -2.51. The third kappa shape index (κ3) is 5.69. The van der Waals surface area contributed by atoms with Crippen molar-refractivity contribution in [1.29, 1.82) is 0 Å². The normalized spacial score (nSPS) is 21.3. The number of aliphatic hydroxyl groups excluding tert-OH is 1. The Labute approximate surface area is 137 Å². The fourth-order valence-corrected chi connectivity index (χ4v) is 2.46. The van der Waals surface area contributed by atoms with Crippen LogP contribution in [0.15, 0.2) is 36.4 Å². The van der Waals surface area contributed by atoms with Gasteiger partial charge in [-0.05, 0) is 24.1 Å². The second-order valence-corrected chi connectivity index (χ2v) is 5.58. The number of rotatable bonds is 7. The van der Waals surface area contributed by atoms with Crippen LogP contribution < -0.4 is 10.1 Å². The van der Waals surface area contributed by atoms with Gasteiger partial charge in [0.2, 0.25) is 5.91 Å². The fraction of sp³-hybridized carbons (Fsp3) is 0.500. The smallest absolute Gasteiger partial charge is 0.224 e. The maximum Gasteiger partial charge on any atom is 0.224 e. The van der Waals surface area contributed by atoms with Crippen LogP contribution in [0, 0.1) is 0 Å². The highest BCUT2D eigenvalue weighted by Crippen LogP contribution is 2.19. The molecule has 126 valence electrons. The molecule has 0 spiro atoms. The molecule has 5 nitrogen and oxygen atoms in total. The van der Waals surface area contributed by atoms with Crippen molar-refractivity contribution in [3.63, 3.8) is 0 Å². The van der Waals surface area contributed by atoms with E-state index in [4.69, 9.17) is 14.6 Å². The van der Waals surface area contributed by atoms with Gasteiger partial charge in [-0.25, -0.2) is 0 Å². The number of carbonyl (C=O) groups is 1. The minimum Gasteiger partial charge on any atom is -0.488 e. The molecule has 2 N–H and O–H groups in total. The minimum atomic E-state index is -0.149. The zero-order valence-electron chi connectivity index (χ0n) is 13.5. The molecule has 1 heterocycles. The van der Waals surface area contributed by atoms with Crippen molar-refractivity contribution in [2.45, 2.75) is 44.9 Å². The van der Waals surface area contributed by atoms with Crippen molar-refractivity contribution in [3.8, 4) is 5.75 Å². The number of hydrogen-bond donors (Lipinski definition) is 2. The summed E-state index contributed by atoms with van der Waals surface area (Å²) in [7, 11) is 0. The molecule has 1 aliphatic rings. The van der Waals surface area contributed by atoms with E-state index in [1.165, 1.54) is 0 Å². The van der Waals surface area contributed by atoms with E-state index in [9.17, 15) is 4.79 Å². The number of aliphatic hydroxyl groups is 1. The molecule has 0 saturated carbocycles. The van der Waals surface area contributed by atoms with Crippen LogP contribution in [0.5, 0.6) is 5.75 Å². The van der Waals surface area contributed by atoms with E-state index in [-0.39, 0.29) is 24.7 Å². The summed E-state index contributed by atoms with van der Waals surface area (Å²) >= 11 is 0. The topological polar surface area (TPSA) is 67.8 Å². The van der Waals surface area contributed by atoms with Gasteiger partial charge in [-0.3, -0.25) is 4.79 Å². The maximum absolute atomic E-state index is 12.0. The van der Waals surface area contributed by atoms with Gasteiger partial charge in [0.15, 0.2) is 0 Å². The van der Waals surface area contributed by atoms with E-state index < -0.39 is 0 Å². The summed E-state index contributed by atoms with van der Waals surface area (Å²) in [6.07, 6.45) is 5.79. The van der Waals surface area contributed by atoms with E-state index in [2.05, 4.69) is 5.32 Å². The van der Waals surface area contributed by atoms with E-state index in [1.54, 1.807) is 0 Å². The van der Waals surface area contributed by atoms with Crippen LogP contribution in [0.1, 0.15) is 31.7 Å². The molecule has 0 aromatic heterocycles. The summed E-state index contributed by atoms with van der Waals surface area (Å²) in [5.41, 5.74) is 0.844. The van der Waals surface area contributed by atoms with Crippen LogP contribution in [0.2, 0.25) is 0 Å². The number of allylic oxidation sites excluding steroid dienone is 1. The third-order valence-electron chi connectivity index (χ3n) is 3.74. The second-order valence-electron chi connectivity index (χ2n) is 5.58. The Morgan fingerprint density at radius 3 is 2.87 bits per heavy atom. The summed E-state index contributed by atoms with van der Waals surface area (Å²) in [6, 6.07) is 7.19. The van der Waals surface area contributed by atoms with Crippen molar-refractivity contribution in [1.82, 2.24) is 5.32 Å². The molecule has 2 atom stereocenters. The highest BCUT2D eigenvalue weighted by molar-refractivity contribution is 5.77. The van der Waals surface area contributed by atoms with Gasteiger partial charge in [0.05, 0.1) is 25.9 Å². The van der Waals surface area contributed by atoms with Crippen LogP contribution in [-0.4, -0.2) is 36.4 Å². The van der Waals surface area contributed by atoms with Gasteiger partial charge in [-0.15, -0.1) is 0 Å². The number of carbonyl (C=O) groups excluding carboxylic acids is 1. The molecular formula is C18H25NO4. The molecule has 1 fully saturated rings. The highest BCUT2D eigenvalue weighted by Gasteiger charge is 2.28. The van der Waals surface area contributed by atoms with Gasteiger partial charge < -0.3 is 19.9 Å². The number of amides is 1. The molecule has 5 heteroatoms. The summed E-state index contributed by atoms with van der Waals surface area (Å²) in [4.78, 5) is 12.0. The van der Waals surface area contributed by atoms with Gasteiger partial charge in [-0.1, -0.05) is 31.2 Å². The molecule has 1 aliphatic heterocycles. The molecule has 0 bridgehead atoms. The largest absolute Gasteiger partial charge is 0.488 e. The summed E-state index contributed by atoms with van der Waals surface area (Å²) in [5.74, 6) is 0.716. The predicted molar refractivity (Wildman–Crippen MR) is 88.2 cm³/mol. The summed E-state index contributed by atoms with van der Waals surface area (Å²) < 4.78 is 11.5. The number of nitrogens with one attached hydrogen (secondary N) is 1. The third-order valence-corrected chi connectivity index (χ3v) is 3.74. The van der Waals surface area contributed by atoms with Gasteiger partial charge in [-0.2, -0.15) is 0 Å². The second kappa shape index (κ2) is 9.33. The van der Waals surface area contributed by atoms with Crippen LogP contribution in [-0.2, 0) is 16.1 Å². The van der Waals surface area contributed by atoms with Gasteiger partial charge in [0.25, 0.3) is 0 Å². The van der Waals surface area contributed by atoms with Crippen LogP contribution >= 0.6 is 0 Å². The van der Waals surface area contributed by atoms with Crippen LogP contribution in [0.3, 0.4) is 0 Å². The van der Waals surface area contributed by atoms with Crippen LogP contribution in [0.4, 0.5) is 0 Å². The molecule has 2 rings (SSSR count). The van der Waals surface area contributed by atoms with Gasteiger partial charge >= 0.3 is 0 Å². The average molecular weight is 319 g/mol. The molecule has 2 unspecified atom stereocenters. The van der Waals surface area contributed by atoms with Crippen molar-refractivity contribution < 1.29 is 19.4 Å². The van der Waals surface area contributed by atoms with Crippen molar-refractivity contribution in [3.05, 3.63) is 42.0 Å². The quantitative estimate of drug-likeness (QED) is 0.756. The molecule has 1 amide bonds. The molecular weight excluding hydrogens is 294 g/mol. The molecule has 0 aliphatic carbocycles. The van der Waals surface area contributed by atoms with E-state index in [1.807, 2.05) is 43.3 Å². The van der Waals surface area contributed by atoms with Gasteiger partial charge in [0, 0.05) is 12.8 Å². The first kappa shape index (κ1) is 17.5. The highest BCUT2D eigenvalue weighted by atomic mass is 16.5. The Kier molecular flexibility index (Phi) is 7.10. The summed E-state index contributed by atoms with van der Waals surface area (Å²) in [5, 5.41) is 12.1. The number of ether oxygens (including phenoxy) is 2. The first-order valence-corrected chi connectivity index (χ1v) is 8.11. The minimum absolute atomic E-state index is 0.0154. The Morgan fingerprint density at radius 2 is 2.17 bits per heavy atom. The number of benzene rings is 1. The monoisotopic (exact) mass is 319 g/mol. The van der Waals surface area contributed by atoms with Gasteiger partial charge in [0.1, 0.15) is 11.9 Å². The van der Waals surface area contributed by atoms with Crippen LogP contribution in [0.25, 0.3) is 0 Å². The Hall–Kier alpha value is -1.85. The Balaban J connectivity index is 1.91. The zero-order valence-corrected chi connectivity index (χ0v) is 13.5. The number of hydrogen-bond acceptors (Lipinski definition) is 4. The molecule has 1 saturated heterocycles. The zero-order chi connectivity index (χ0) is 16.5. The van der Waals surface area contributed by atoms with Crippen molar-refractivity contribution in [2.24, 2.45) is 0 Å². The SMILES string of the molecule is CCC=CCC(=O)NC1COCCC1Oc1ccc(CO)cc1. The Bertz CT molecular complexity index is 512. The Morgan fingerprint density at radius 1 is 1.39 bits per heavy atom. The molecule has 23 heavy (non-hydrogen) atoms. The average Bonchev–Trinajstić information content (AvgIpc) is 2.57. The molecule has 1 aromatic carbocycles. The van der Waals surface area contributed by atoms with E-state index in [0.29, 0.717) is 19.6 Å².